The standard InChI is InChI=1S/C23H34N4O2/c28-22(24-13-7-16-25-14-4-1-5-15-25)11-12-23(29)27-18-19-8-6-17-26(19)20-9-2-3-10-21(20)27/h2-3,9-10,19H,1,4-8,11-18H2,(H,24,28)/t19-/m1/s1. The van der Waals surface area contributed by atoms with Gasteiger partial charge in [-0.15, -0.1) is 0 Å². The summed E-state index contributed by atoms with van der Waals surface area (Å²) < 4.78 is 0. The zero-order chi connectivity index (χ0) is 20.1. The second-order valence-electron chi connectivity index (χ2n) is 8.59. The minimum Gasteiger partial charge on any atom is -0.365 e. The number of rotatable bonds is 7. The fourth-order valence-electron chi connectivity index (χ4n) is 4.98. The number of piperidine rings is 1. The quantitative estimate of drug-likeness (QED) is 0.718. The molecule has 3 heterocycles. The number of hydrogen-bond donors (Lipinski definition) is 1. The van der Waals surface area contributed by atoms with Crippen LogP contribution in [0.15, 0.2) is 24.3 Å². The number of nitrogens with one attached hydrogen (secondary N) is 1. The molecule has 2 fully saturated rings. The lowest BCUT2D eigenvalue weighted by Crippen LogP contribution is -2.48. The van der Waals surface area contributed by atoms with Gasteiger partial charge in [0.2, 0.25) is 11.8 Å². The van der Waals surface area contributed by atoms with E-state index in [2.05, 4.69) is 21.2 Å². The van der Waals surface area contributed by atoms with Crippen molar-refractivity contribution >= 4 is 23.2 Å². The maximum atomic E-state index is 12.9. The molecule has 0 saturated carbocycles. The van der Waals surface area contributed by atoms with E-state index in [0.717, 1.165) is 43.9 Å². The Hall–Kier alpha value is -2.08. The van der Waals surface area contributed by atoms with Gasteiger partial charge in [-0.25, -0.2) is 0 Å². The Kier molecular flexibility index (Phi) is 6.70. The normalized spacial score (nSPS) is 21.6. The van der Waals surface area contributed by atoms with Gasteiger partial charge in [-0.1, -0.05) is 18.6 Å². The van der Waals surface area contributed by atoms with Crippen LogP contribution < -0.4 is 15.1 Å². The summed E-state index contributed by atoms with van der Waals surface area (Å²) in [6.07, 6.45) is 7.79. The van der Waals surface area contributed by atoms with Crippen LogP contribution in [0.2, 0.25) is 0 Å². The van der Waals surface area contributed by atoms with Crippen molar-refractivity contribution in [2.75, 3.05) is 49.1 Å². The molecule has 3 aliphatic rings. The topological polar surface area (TPSA) is 55.9 Å². The third kappa shape index (κ3) is 4.92. The van der Waals surface area contributed by atoms with Crippen molar-refractivity contribution in [1.29, 1.82) is 0 Å². The van der Waals surface area contributed by atoms with E-state index >= 15 is 0 Å². The molecule has 0 aromatic heterocycles. The number of carbonyl (C=O) groups excluding carboxylic acids is 2. The van der Waals surface area contributed by atoms with Crippen LogP contribution >= 0.6 is 0 Å². The number of anilines is 2. The van der Waals surface area contributed by atoms with Crippen molar-refractivity contribution in [3.63, 3.8) is 0 Å². The maximum absolute atomic E-state index is 12.9. The van der Waals surface area contributed by atoms with Gasteiger partial charge in [0, 0.05) is 38.5 Å². The Labute approximate surface area is 174 Å². The predicted molar refractivity (Wildman–Crippen MR) is 116 cm³/mol. The number of amides is 2. The molecule has 0 radical (unpaired) electrons. The maximum Gasteiger partial charge on any atom is 0.227 e. The van der Waals surface area contributed by atoms with Crippen molar-refractivity contribution in [1.82, 2.24) is 10.2 Å². The number of nitrogens with zero attached hydrogens (tertiary/aromatic N) is 3. The molecule has 2 amide bonds. The molecule has 6 heteroatoms. The fourth-order valence-corrected chi connectivity index (χ4v) is 4.98. The third-order valence-electron chi connectivity index (χ3n) is 6.54. The highest BCUT2D eigenvalue weighted by molar-refractivity contribution is 5.99. The average Bonchev–Trinajstić information content (AvgIpc) is 3.24. The summed E-state index contributed by atoms with van der Waals surface area (Å²) in [4.78, 5) is 31.9. The van der Waals surface area contributed by atoms with Crippen LogP contribution in [0.25, 0.3) is 0 Å². The smallest absolute Gasteiger partial charge is 0.227 e. The minimum atomic E-state index is -0.00946. The highest BCUT2D eigenvalue weighted by Gasteiger charge is 2.35. The van der Waals surface area contributed by atoms with Crippen molar-refractivity contribution in [2.24, 2.45) is 0 Å². The predicted octanol–water partition coefficient (Wildman–Crippen LogP) is 2.77. The van der Waals surface area contributed by atoms with Crippen LogP contribution in [0.1, 0.15) is 51.4 Å². The molecule has 3 aliphatic heterocycles. The van der Waals surface area contributed by atoms with Gasteiger partial charge in [0.25, 0.3) is 0 Å². The number of hydrogen-bond acceptors (Lipinski definition) is 4. The molecule has 1 atom stereocenters. The van der Waals surface area contributed by atoms with E-state index in [1.54, 1.807) is 0 Å². The number of benzene rings is 1. The van der Waals surface area contributed by atoms with Crippen LogP contribution in [-0.2, 0) is 9.59 Å². The molecule has 0 bridgehead atoms. The lowest BCUT2D eigenvalue weighted by atomic mass is 10.1. The van der Waals surface area contributed by atoms with Gasteiger partial charge in [-0.05, 0) is 63.9 Å². The second kappa shape index (κ2) is 9.61. The Morgan fingerprint density at radius 3 is 2.59 bits per heavy atom. The number of carbonyl (C=O) groups is 2. The van der Waals surface area contributed by atoms with E-state index in [-0.39, 0.29) is 24.7 Å². The van der Waals surface area contributed by atoms with Crippen LogP contribution in [0.5, 0.6) is 0 Å². The van der Waals surface area contributed by atoms with Crippen LogP contribution in [0, 0.1) is 0 Å². The summed E-state index contributed by atoms with van der Waals surface area (Å²) in [6.45, 7) is 5.96. The fraction of sp³-hybridized carbons (Fsp3) is 0.652. The van der Waals surface area contributed by atoms with Crippen molar-refractivity contribution in [3.05, 3.63) is 24.3 Å². The molecular weight excluding hydrogens is 364 g/mol. The lowest BCUT2D eigenvalue weighted by Gasteiger charge is -2.40. The molecular formula is C23H34N4O2. The van der Waals surface area contributed by atoms with Gasteiger partial charge in [-0.2, -0.15) is 0 Å². The molecule has 2 saturated heterocycles. The van der Waals surface area contributed by atoms with Crippen molar-refractivity contribution < 1.29 is 9.59 Å². The van der Waals surface area contributed by atoms with Crippen LogP contribution in [-0.4, -0.2) is 62.0 Å². The third-order valence-corrected chi connectivity index (χ3v) is 6.54. The molecule has 29 heavy (non-hydrogen) atoms. The average molecular weight is 399 g/mol. The van der Waals surface area contributed by atoms with E-state index in [0.29, 0.717) is 12.6 Å². The molecule has 1 aromatic rings. The first-order chi connectivity index (χ1) is 14.2. The molecule has 0 spiro atoms. The van der Waals surface area contributed by atoms with Crippen LogP contribution in [0.4, 0.5) is 11.4 Å². The zero-order valence-electron chi connectivity index (χ0n) is 17.4. The number of para-hydroxylation sites is 2. The Bertz CT molecular complexity index is 717. The van der Waals surface area contributed by atoms with Crippen molar-refractivity contribution in [2.45, 2.75) is 57.4 Å². The molecule has 6 nitrogen and oxygen atoms in total. The van der Waals surface area contributed by atoms with Gasteiger partial charge in [-0.3, -0.25) is 9.59 Å². The molecule has 158 valence electrons. The van der Waals surface area contributed by atoms with E-state index in [4.69, 9.17) is 0 Å². The summed E-state index contributed by atoms with van der Waals surface area (Å²) in [5, 5.41) is 2.99. The monoisotopic (exact) mass is 398 g/mol. The Balaban J connectivity index is 1.22. The largest absolute Gasteiger partial charge is 0.365 e. The Morgan fingerprint density at radius 2 is 1.76 bits per heavy atom. The summed E-state index contributed by atoms with van der Waals surface area (Å²) in [5.41, 5.74) is 2.16. The van der Waals surface area contributed by atoms with Gasteiger partial charge in [0.15, 0.2) is 0 Å². The SMILES string of the molecule is O=C(CCC(=O)N1C[C@H]2CCCN2c2ccccc21)NCCCN1CCCCC1. The molecule has 4 rings (SSSR count). The second-order valence-corrected chi connectivity index (χ2v) is 8.59. The summed E-state index contributed by atoms with van der Waals surface area (Å²) in [5.74, 6) is 0.0530. The summed E-state index contributed by atoms with van der Waals surface area (Å²) in [6, 6.07) is 8.59. The first kappa shape index (κ1) is 20.2. The Morgan fingerprint density at radius 1 is 0.966 bits per heavy atom. The first-order valence-electron chi connectivity index (χ1n) is 11.4. The highest BCUT2D eigenvalue weighted by Crippen LogP contribution is 2.39. The summed E-state index contributed by atoms with van der Waals surface area (Å²) >= 11 is 0. The number of likely N-dealkylation sites (tertiary alicyclic amines) is 1. The molecule has 1 aromatic carbocycles. The van der Waals surface area contributed by atoms with E-state index in [9.17, 15) is 9.59 Å². The van der Waals surface area contributed by atoms with Crippen LogP contribution in [0.3, 0.4) is 0 Å². The van der Waals surface area contributed by atoms with E-state index in [1.165, 1.54) is 38.8 Å². The molecule has 0 unspecified atom stereocenters. The minimum absolute atomic E-state index is 0.00946. The van der Waals surface area contributed by atoms with Gasteiger partial charge in [0.05, 0.1) is 11.4 Å². The zero-order valence-corrected chi connectivity index (χ0v) is 17.4. The van der Waals surface area contributed by atoms with E-state index in [1.807, 2.05) is 23.1 Å². The van der Waals surface area contributed by atoms with Gasteiger partial charge >= 0.3 is 0 Å². The van der Waals surface area contributed by atoms with E-state index < -0.39 is 0 Å². The molecule has 1 N–H and O–H groups in total. The summed E-state index contributed by atoms with van der Waals surface area (Å²) in [7, 11) is 0. The highest BCUT2D eigenvalue weighted by atomic mass is 16.2. The van der Waals surface area contributed by atoms with Gasteiger partial charge in [0.1, 0.15) is 0 Å². The molecule has 0 aliphatic carbocycles. The van der Waals surface area contributed by atoms with Gasteiger partial charge < -0.3 is 20.0 Å². The number of fused-ring (bicyclic) bond motifs is 3. The van der Waals surface area contributed by atoms with Crippen molar-refractivity contribution in [3.8, 4) is 0 Å². The lowest BCUT2D eigenvalue weighted by molar-refractivity contribution is -0.125. The first-order valence-corrected chi connectivity index (χ1v) is 11.4.